The summed E-state index contributed by atoms with van der Waals surface area (Å²) >= 11 is 7.76. The summed E-state index contributed by atoms with van der Waals surface area (Å²) in [6.07, 6.45) is 2.34. The molecule has 1 amide bonds. The van der Waals surface area contributed by atoms with Crippen LogP contribution >= 0.6 is 22.9 Å². The number of nitrogens with two attached hydrogens (primary N) is 1. The number of benzene rings is 2. The number of rotatable bonds is 6. The van der Waals surface area contributed by atoms with Crippen molar-refractivity contribution in [2.75, 3.05) is 43.4 Å². The Kier molecular flexibility index (Phi) is 8.17. The van der Waals surface area contributed by atoms with E-state index in [-0.39, 0.29) is 72.9 Å². The van der Waals surface area contributed by atoms with E-state index in [1.807, 2.05) is 24.8 Å². The number of amides is 1. The number of nitriles is 1. The molecule has 0 spiro atoms. The van der Waals surface area contributed by atoms with Crippen LogP contribution in [0, 0.1) is 23.0 Å². The lowest BCUT2D eigenvalue weighted by atomic mass is 9.95. The predicted octanol–water partition coefficient (Wildman–Crippen LogP) is 6.46. The molecule has 5 heterocycles. The minimum Gasteiger partial charge on any atom is -0.461 e. The molecule has 4 unspecified atom stereocenters. The third-order valence-corrected chi connectivity index (χ3v) is 11.3. The van der Waals surface area contributed by atoms with Crippen LogP contribution in [0.25, 0.3) is 32.1 Å². The van der Waals surface area contributed by atoms with Crippen molar-refractivity contribution in [2.24, 2.45) is 0 Å². The lowest BCUT2D eigenvalue weighted by Crippen LogP contribution is -2.58. The molecule has 0 bridgehead atoms. The third kappa shape index (κ3) is 5.12. The van der Waals surface area contributed by atoms with Crippen molar-refractivity contribution in [3.8, 4) is 23.2 Å². The number of fused-ring (bicyclic) bond motifs is 3. The van der Waals surface area contributed by atoms with Crippen LogP contribution in [0.2, 0.25) is 5.02 Å². The van der Waals surface area contributed by atoms with E-state index in [2.05, 4.69) is 16.5 Å². The van der Waals surface area contributed by atoms with Crippen molar-refractivity contribution >= 4 is 60.7 Å². The molecule has 0 aliphatic carbocycles. The van der Waals surface area contributed by atoms with Crippen molar-refractivity contribution in [3.63, 3.8) is 0 Å². The lowest BCUT2D eigenvalue weighted by Gasteiger charge is -2.44. The van der Waals surface area contributed by atoms with Gasteiger partial charge < -0.3 is 20.3 Å². The average molecular weight is 696 g/mol. The zero-order valence-corrected chi connectivity index (χ0v) is 28.0. The van der Waals surface area contributed by atoms with Crippen LogP contribution in [-0.4, -0.2) is 82.3 Å². The fraction of sp³-hybridized carbons (Fsp3) is 0.412. The summed E-state index contributed by atoms with van der Waals surface area (Å²) in [6, 6.07) is 5.59. The number of halogens is 4. The topological polar surface area (TPSA) is 112 Å². The molecule has 4 atom stereocenters. The standard InChI is InChI=1S/C34H33ClF3N7O2S/c1-4-25(46)44-13-18(3)45(14-17(44)2)32-21-10-23(35)27(20-6-7-24(37)30-26(20)22(12-39)31(40)48-30)28(38)29(21)41-33(42-32)47-16-34-8-5-9-43(34)15-19(36)11-34/h4,6-7,10,17-19H,1,5,8-9,11,13-16,40H2,2-3H3. The van der Waals surface area contributed by atoms with Gasteiger partial charge in [-0.2, -0.15) is 15.2 Å². The fourth-order valence-corrected chi connectivity index (χ4v) is 8.94. The van der Waals surface area contributed by atoms with E-state index < -0.39 is 23.3 Å². The number of alkyl halides is 1. The highest BCUT2D eigenvalue weighted by molar-refractivity contribution is 7.23. The van der Waals surface area contributed by atoms with Crippen LogP contribution in [0.3, 0.4) is 0 Å². The number of ether oxygens (including phenoxy) is 1. The molecular weight excluding hydrogens is 663 g/mol. The Labute approximate surface area is 284 Å². The van der Waals surface area contributed by atoms with E-state index in [1.165, 1.54) is 18.2 Å². The van der Waals surface area contributed by atoms with E-state index in [0.717, 1.165) is 30.7 Å². The Balaban J connectivity index is 1.39. The van der Waals surface area contributed by atoms with Gasteiger partial charge in [0.25, 0.3) is 0 Å². The maximum absolute atomic E-state index is 17.0. The number of carbonyl (C=O) groups excluding carboxylic acids is 1. The van der Waals surface area contributed by atoms with Gasteiger partial charge in [-0.05, 0) is 57.0 Å². The number of piperazine rings is 1. The molecule has 7 rings (SSSR count). The molecule has 48 heavy (non-hydrogen) atoms. The summed E-state index contributed by atoms with van der Waals surface area (Å²) in [4.78, 5) is 27.7. The Morgan fingerprint density at radius 1 is 1.27 bits per heavy atom. The third-order valence-electron chi connectivity index (χ3n) is 9.99. The molecule has 0 saturated carbocycles. The summed E-state index contributed by atoms with van der Waals surface area (Å²) < 4.78 is 52.8. The van der Waals surface area contributed by atoms with Gasteiger partial charge in [0.2, 0.25) is 5.91 Å². The molecule has 2 aromatic heterocycles. The van der Waals surface area contributed by atoms with Gasteiger partial charge in [-0.3, -0.25) is 9.69 Å². The van der Waals surface area contributed by atoms with E-state index in [9.17, 15) is 18.8 Å². The van der Waals surface area contributed by atoms with Crippen molar-refractivity contribution in [1.82, 2.24) is 19.8 Å². The second-order valence-electron chi connectivity index (χ2n) is 12.9. The van der Waals surface area contributed by atoms with Gasteiger partial charge >= 0.3 is 6.01 Å². The number of aromatic nitrogens is 2. The first-order valence-electron chi connectivity index (χ1n) is 15.8. The SMILES string of the molecule is C=CC(=O)N1CC(C)N(c2nc(OCC34CCCN3CC(F)C4)nc3c(F)c(-c4ccc(F)c5sc(N)c(C#N)c45)c(Cl)cc23)CC1C. The van der Waals surface area contributed by atoms with Crippen LogP contribution < -0.4 is 15.4 Å². The van der Waals surface area contributed by atoms with Gasteiger partial charge in [-0.15, -0.1) is 11.3 Å². The second kappa shape index (κ2) is 12.1. The van der Waals surface area contributed by atoms with Crippen LogP contribution in [0.4, 0.5) is 24.0 Å². The number of carbonyl (C=O) groups is 1. The first-order chi connectivity index (χ1) is 23.0. The molecule has 4 aromatic rings. The fourth-order valence-electron chi connectivity index (χ4n) is 7.69. The molecule has 250 valence electrons. The normalized spacial score (nSPS) is 24.3. The van der Waals surface area contributed by atoms with E-state index in [4.69, 9.17) is 27.1 Å². The maximum Gasteiger partial charge on any atom is 0.319 e. The Morgan fingerprint density at radius 3 is 2.81 bits per heavy atom. The summed E-state index contributed by atoms with van der Waals surface area (Å²) in [5, 5.41) is 10.5. The first-order valence-corrected chi connectivity index (χ1v) is 17.0. The number of thiophene rings is 1. The minimum absolute atomic E-state index is 0.00156. The molecule has 14 heteroatoms. The molecule has 3 aliphatic heterocycles. The Bertz CT molecular complexity index is 2040. The zero-order chi connectivity index (χ0) is 34.1. The number of nitrogen functional groups attached to an aromatic ring is 1. The molecule has 9 nitrogen and oxygen atoms in total. The Hall–Kier alpha value is -4.12. The second-order valence-corrected chi connectivity index (χ2v) is 14.4. The van der Waals surface area contributed by atoms with E-state index in [0.29, 0.717) is 37.3 Å². The van der Waals surface area contributed by atoms with E-state index >= 15 is 4.39 Å². The van der Waals surface area contributed by atoms with Crippen molar-refractivity contribution in [2.45, 2.75) is 56.9 Å². The highest BCUT2D eigenvalue weighted by Gasteiger charge is 2.49. The van der Waals surface area contributed by atoms with Crippen LogP contribution in [0.1, 0.15) is 38.7 Å². The van der Waals surface area contributed by atoms with Crippen molar-refractivity contribution < 1.29 is 22.7 Å². The monoisotopic (exact) mass is 695 g/mol. The molecule has 3 fully saturated rings. The highest BCUT2D eigenvalue weighted by Crippen LogP contribution is 2.46. The van der Waals surface area contributed by atoms with Gasteiger partial charge in [-0.25, -0.2) is 13.2 Å². The van der Waals surface area contributed by atoms with Gasteiger partial charge in [-0.1, -0.05) is 24.2 Å². The summed E-state index contributed by atoms with van der Waals surface area (Å²) in [5.41, 5.74) is 5.64. The number of anilines is 2. The molecule has 2 N–H and O–H groups in total. The summed E-state index contributed by atoms with van der Waals surface area (Å²) in [5.74, 6) is -1.22. The molecular formula is C34H33ClF3N7O2S. The largest absolute Gasteiger partial charge is 0.461 e. The summed E-state index contributed by atoms with van der Waals surface area (Å²) in [6.45, 7) is 9.45. The lowest BCUT2D eigenvalue weighted by molar-refractivity contribution is -0.128. The zero-order valence-electron chi connectivity index (χ0n) is 26.4. The van der Waals surface area contributed by atoms with Gasteiger partial charge in [0.05, 0.1) is 20.8 Å². The van der Waals surface area contributed by atoms with Gasteiger partial charge in [0, 0.05) is 54.5 Å². The Morgan fingerprint density at radius 2 is 2.06 bits per heavy atom. The van der Waals surface area contributed by atoms with Gasteiger partial charge in [0.1, 0.15) is 41.0 Å². The maximum atomic E-state index is 17.0. The molecule has 3 saturated heterocycles. The predicted molar refractivity (Wildman–Crippen MR) is 181 cm³/mol. The highest BCUT2D eigenvalue weighted by atomic mass is 35.5. The molecule has 3 aliphatic rings. The summed E-state index contributed by atoms with van der Waals surface area (Å²) in [7, 11) is 0. The number of nitrogens with zero attached hydrogens (tertiary/aromatic N) is 6. The quantitative estimate of drug-likeness (QED) is 0.229. The number of hydrogen-bond donors (Lipinski definition) is 1. The average Bonchev–Trinajstić information content (AvgIpc) is 3.70. The molecule has 2 aromatic carbocycles. The van der Waals surface area contributed by atoms with E-state index in [1.54, 1.807) is 11.0 Å². The van der Waals surface area contributed by atoms with Crippen molar-refractivity contribution in [3.05, 3.63) is 53.1 Å². The smallest absolute Gasteiger partial charge is 0.319 e. The van der Waals surface area contributed by atoms with Gasteiger partial charge in [0.15, 0.2) is 5.82 Å². The van der Waals surface area contributed by atoms with Crippen LogP contribution in [0.15, 0.2) is 30.9 Å². The first kappa shape index (κ1) is 32.4. The molecule has 0 radical (unpaired) electrons. The number of hydrogen-bond acceptors (Lipinski definition) is 9. The van der Waals surface area contributed by atoms with Crippen molar-refractivity contribution in [1.29, 1.82) is 5.26 Å². The minimum atomic E-state index is -0.960. The van der Waals surface area contributed by atoms with Crippen LogP contribution in [-0.2, 0) is 4.79 Å². The van der Waals surface area contributed by atoms with Crippen LogP contribution in [0.5, 0.6) is 6.01 Å².